The molecule has 0 amide bonds. The van der Waals surface area contributed by atoms with Crippen LogP contribution in [0.2, 0.25) is 0 Å². The zero-order valence-electron chi connectivity index (χ0n) is 11.2. The molecule has 0 saturated carbocycles. The van der Waals surface area contributed by atoms with Crippen LogP contribution in [-0.2, 0) is 6.61 Å². The quantitative estimate of drug-likeness (QED) is 0.608. The van der Waals surface area contributed by atoms with Gasteiger partial charge in [0.05, 0.1) is 4.92 Å². The van der Waals surface area contributed by atoms with Crippen LogP contribution in [0.4, 0.5) is 5.69 Å². The molecule has 0 saturated heterocycles. The molecule has 0 radical (unpaired) electrons. The van der Waals surface area contributed by atoms with Gasteiger partial charge in [-0.3, -0.25) is 10.1 Å². The van der Waals surface area contributed by atoms with Gasteiger partial charge in [0.25, 0.3) is 0 Å². The Morgan fingerprint density at radius 3 is 2.65 bits per heavy atom. The van der Waals surface area contributed by atoms with Crippen molar-refractivity contribution in [3.8, 4) is 5.75 Å². The van der Waals surface area contributed by atoms with Crippen molar-refractivity contribution in [1.29, 1.82) is 0 Å². The van der Waals surface area contributed by atoms with Crippen LogP contribution < -0.4 is 4.74 Å². The molecule has 0 aliphatic heterocycles. The summed E-state index contributed by atoms with van der Waals surface area (Å²) in [5.74, 6) is 0.334. The van der Waals surface area contributed by atoms with Gasteiger partial charge in [-0.15, -0.1) is 0 Å². The van der Waals surface area contributed by atoms with Crippen molar-refractivity contribution < 1.29 is 9.66 Å². The monoisotopic (exact) mass is 335 g/mol. The Balaban J connectivity index is 2.27. The van der Waals surface area contributed by atoms with Crippen molar-refractivity contribution in [2.75, 3.05) is 0 Å². The lowest BCUT2D eigenvalue weighted by atomic mass is 10.1. The molecule has 0 heterocycles. The molecule has 2 rings (SSSR count). The van der Waals surface area contributed by atoms with Crippen molar-refractivity contribution in [2.45, 2.75) is 20.5 Å². The summed E-state index contributed by atoms with van der Waals surface area (Å²) in [6.07, 6.45) is 0. The minimum Gasteiger partial charge on any atom is -0.482 e. The zero-order valence-corrected chi connectivity index (χ0v) is 12.8. The second-order valence-electron chi connectivity index (χ2n) is 4.61. The third-order valence-corrected chi connectivity index (χ3v) is 3.36. The molecule has 0 fully saturated rings. The summed E-state index contributed by atoms with van der Waals surface area (Å²) in [5.41, 5.74) is 2.59. The summed E-state index contributed by atoms with van der Waals surface area (Å²) in [5, 5.41) is 11.1. The van der Waals surface area contributed by atoms with Gasteiger partial charge in [0.1, 0.15) is 6.61 Å². The van der Waals surface area contributed by atoms with Crippen LogP contribution in [0.5, 0.6) is 5.75 Å². The van der Waals surface area contributed by atoms with E-state index in [9.17, 15) is 10.1 Å². The van der Waals surface area contributed by atoms with Crippen molar-refractivity contribution in [3.63, 3.8) is 0 Å². The maximum atomic E-state index is 11.1. The predicted molar refractivity (Wildman–Crippen MR) is 81.0 cm³/mol. The highest BCUT2D eigenvalue weighted by atomic mass is 79.9. The molecule has 5 heteroatoms. The Kier molecular flexibility index (Phi) is 4.39. The molecule has 0 atom stereocenters. The van der Waals surface area contributed by atoms with E-state index < -0.39 is 4.92 Å². The second kappa shape index (κ2) is 6.05. The molecule has 0 aliphatic carbocycles. The van der Waals surface area contributed by atoms with Gasteiger partial charge in [0.15, 0.2) is 5.75 Å². The fourth-order valence-corrected chi connectivity index (χ4v) is 2.48. The molecule has 2 aromatic rings. The average molecular weight is 336 g/mol. The van der Waals surface area contributed by atoms with E-state index in [0.717, 1.165) is 21.2 Å². The number of nitrogens with zero attached hydrogens (tertiary/aromatic N) is 1. The Hall–Kier alpha value is -1.88. The van der Waals surface area contributed by atoms with E-state index in [1.54, 1.807) is 0 Å². The lowest BCUT2D eigenvalue weighted by molar-refractivity contribution is -0.386. The molecule has 104 valence electrons. The third-order valence-electron chi connectivity index (χ3n) is 2.87. The normalized spacial score (nSPS) is 10.3. The number of aryl methyl sites for hydroxylation is 2. The van der Waals surface area contributed by atoms with E-state index in [2.05, 4.69) is 15.9 Å². The molecular formula is C15H14BrNO3. The van der Waals surface area contributed by atoms with Crippen LogP contribution in [0.3, 0.4) is 0 Å². The SMILES string of the molecule is Cc1cc(C)c(OCc2cccc(Br)c2)c([N+](=O)[O-])c1. The first-order chi connectivity index (χ1) is 9.47. The highest BCUT2D eigenvalue weighted by Crippen LogP contribution is 2.32. The summed E-state index contributed by atoms with van der Waals surface area (Å²) in [6, 6.07) is 11.1. The van der Waals surface area contributed by atoms with Gasteiger partial charge in [-0.25, -0.2) is 0 Å². The Morgan fingerprint density at radius 2 is 2.00 bits per heavy atom. The van der Waals surface area contributed by atoms with Gasteiger partial charge >= 0.3 is 5.69 Å². The minimum absolute atomic E-state index is 0.0116. The zero-order chi connectivity index (χ0) is 14.7. The topological polar surface area (TPSA) is 52.4 Å². The summed E-state index contributed by atoms with van der Waals surface area (Å²) in [4.78, 5) is 10.7. The molecule has 2 aromatic carbocycles. The van der Waals surface area contributed by atoms with E-state index in [4.69, 9.17) is 4.74 Å². The molecule has 0 bridgehead atoms. The number of benzene rings is 2. The molecule has 20 heavy (non-hydrogen) atoms. The number of halogens is 1. The van der Waals surface area contributed by atoms with E-state index >= 15 is 0 Å². The van der Waals surface area contributed by atoms with E-state index in [1.807, 2.05) is 44.2 Å². The smallest absolute Gasteiger partial charge is 0.311 e. The molecule has 0 aliphatic rings. The fourth-order valence-electron chi connectivity index (χ4n) is 2.04. The van der Waals surface area contributed by atoms with Crippen LogP contribution in [0.1, 0.15) is 16.7 Å². The molecule has 4 nitrogen and oxygen atoms in total. The maximum Gasteiger partial charge on any atom is 0.311 e. The number of nitro benzene ring substituents is 1. The van der Waals surface area contributed by atoms with E-state index in [0.29, 0.717) is 12.4 Å². The van der Waals surface area contributed by atoms with Crippen molar-refractivity contribution in [3.05, 3.63) is 67.7 Å². The summed E-state index contributed by atoms with van der Waals surface area (Å²) in [6.45, 7) is 3.94. The fraction of sp³-hybridized carbons (Fsp3) is 0.200. The van der Waals surface area contributed by atoms with Gasteiger partial charge in [0, 0.05) is 10.5 Å². The van der Waals surface area contributed by atoms with Gasteiger partial charge in [-0.1, -0.05) is 34.1 Å². The van der Waals surface area contributed by atoms with Crippen LogP contribution in [0.25, 0.3) is 0 Å². The van der Waals surface area contributed by atoms with Crippen molar-refractivity contribution >= 4 is 21.6 Å². The Morgan fingerprint density at radius 1 is 1.25 bits per heavy atom. The Bertz CT molecular complexity index is 656. The standard InChI is InChI=1S/C15H14BrNO3/c1-10-6-11(2)15(14(7-10)17(18)19)20-9-12-4-3-5-13(16)8-12/h3-8H,9H2,1-2H3. The van der Waals surface area contributed by atoms with Gasteiger partial charge in [0.2, 0.25) is 0 Å². The minimum atomic E-state index is -0.407. The lowest BCUT2D eigenvalue weighted by Crippen LogP contribution is -2.01. The van der Waals surface area contributed by atoms with Crippen molar-refractivity contribution in [2.24, 2.45) is 0 Å². The van der Waals surface area contributed by atoms with Crippen LogP contribution in [-0.4, -0.2) is 4.92 Å². The number of hydrogen-bond donors (Lipinski definition) is 0. The highest BCUT2D eigenvalue weighted by molar-refractivity contribution is 9.10. The molecule has 0 unspecified atom stereocenters. The van der Waals surface area contributed by atoms with Gasteiger partial charge in [-0.2, -0.15) is 0 Å². The first-order valence-electron chi connectivity index (χ1n) is 6.10. The molecule has 0 aromatic heterocycles. The first kappa shape index (κ1) is 14.5. The number of nitro groups is 1. The van der Waals surface area contributed by atoms with E-state index in [1.165, 1.54) is 6.07 Å². The number of ether oxygens (including phenoxy) is 1. The summed E-state index contributed by atoms with van der Waals surface area (Å²) >= 11 is 3.39. The average Bonchev–Trinajstić information content (AvgIpc) is 2.36. The van der Waals surface area contributed by atoms with E-state index in [-0.39, 0.29) is 5.69 Å². The van der Waals surface area contributed by atoms with Crippen LogP contribution in [0, 0.1) is 24.0 Å². The molecule has 0 spiro atoms. The third kappa shape index (κ3) is 3.36. The number of rotatable bonds is 4. The number of hydrogen-bond acceptors (Lipinski definition) is 3. The molecule has 0 N–H and O–H groups in total. The van der Waals surface area contributed by atoms with Crippen LogP contribution >= 0.6 is 15.9 Å². The highest BCUT2D eigenvalue weighted by Gasteiger charge is 2.18. The predicted octanol–water partition coefficient (Wildman–Crippen LogP) is 4.55. The summed E-state index contributed by atoms with van der Waals surface area (Å²) < 4.78 is 6.62. The second-order valence-corrected chi connectivity index (χ2v) is 5.52. The lowest BCUT2D eigenvalue weighted by Gasteiger charge is -2.10. The van der Waals surface area contributed by atoms with Gasteiger partial charge < -0.3 is 4.74 Å². The molecular weight excluding hydrogens is 322 g/mol. The first-order valence-corrected chi connectivity index (χ1v) is 6.89. The largest absolute Gasteiger partial charge is 0.482 e. The summed E-state index contributed by atoms with van der Waals surface area (Å²) in [7, 11) is 0. The van der Waals surface area contributed by atoms with Crippen molar-refractivity contribution in [1.82, 2.24) is 0 Å². The van der Waals surface area contributed by atoms with Crippen LogP contribution in [0.15, 0.2) is 40.9 Å². The Labute approximate surface area is 125 Å². The maximum absolute atomic E-state index is 11.1. The van der Waals surface area contributed by atoms with Gasteiger partial charge in [-0.05, 0) is 42.7 Å².